The zero-order valence-corrected chi connectivity index (χ0v) is 20.4. The van der Waals surface area contributed by atoms with E-state index in [-0.39, 0.29) is 12.1 Å². The van der Waals surface area contributed by atoms with Crippen LogP contribution in [-0.2, 0) is 13.0 Å². The van der Waals surface area contributed by atoms with Crippen molar-refractivity contribution >= 4 is 6.03 Å². The Morgan fingerprint density at radius 1 is 1.09 bits per heavy atom. The van der Waals surface area contributed by atoms with Gasteiger partial charge in [-0.05, 0) is 54.8 Å². The molecule has 0 saturated heterocycles. The number of rotatable bonds is 6. The summed E-state index contributed by atoms with van der Waals surface area (Å²) in [4.78, 5) is 15.5. The zero-order valence-electron chi connectivity index (χ0n) is 20.4. The molecule has 1 atom stereocenters. The summed E-state index contributed by atoms with van der Waals surface area (Å²) >= 11 is 0. The van der Waals surface area contributed by atoms with Gasteiger partial charge in [-0.2, -0.15) is 5.10 Å². The van der Waals surface area contributed by atoms with E-state index in [2.05, 4.69) is 54.2 Å². The lowest BCUT2D eigenvalue weighted by Gasteiger charge is -2.31. The molecule has 180 valence electrons. The molecule has 7 heteroatoms. The number of hydrogen-bond acceptors (Lipinski definition) is 3. The fourth-order valence-corrected chi connectivity index (χ4v) is 4.84. The molecule has 2 aromatic heterocycles. The van der Waals surface area contributed by atoms with Gasteiger partial charge in [-0.1, -0.05) is 44.2 Å². The van der Waals surface area contributed by atoms with E-state index in [1.165, 1.54) is 0 Å². The summed E-state index contributed by atoms with van der Waals surface area (Å²) in [5.41, 5.74) is 5.04. The van der Waals surface area contributed by atoms with Crippen LogP contribution < -0.4 is 10.1 Å². The Kier molecular flexibility index (Phi) is 6.31. The van der Waals surface area contributed by atoms with Gasteiger partial charge in [-0.15, -0.1) is 0 Å². The SMILES string of the molecule is CCCNC(=O)N1Cc2c(CC)nn(-c3ccccc3)c2-n2cccc2[C@H]1c1cccc(OC)c1. The normalized spacial score (nSPS) is 14.7. The van der Waals surface area contributed by atoms with E-state index in [4.69, 9.17) is 9.84 Å². The minimum Gasteiger partial charge on any atom is -0.497 e. The molecule has 2 amide bonds. The number of aryl methyl sites for hydroxylation is 1. The molecular formula is C28H31N5O2. The van der Waals surface area contributed by atoms with Crippen LogP contribution in [0.25, 0.3) is 11.5 Å². The first-order valence-corrected chi connectivity index (χ1v) is 12.2. The number of urea groups is 1. The van der Waals surface area contributed by atoms with Crippen LogP contribution in [0.4, 0.5) is 4.79 Å². The highest BCUT2D eigenvalue weighted by atomic mass is 16.5. The largest absolute Gasteiger partial charge is 0.497 e. The van der Waals surface area contributed by atoms with Crippen LogP contribution in [0.5, 0.6) is 5.75 Å². The summed E-state index contributed by atoms with van der Waals surface area (Å²) in [6, 6.07) is 21.9. The van der Waals surface area contributed by atoms with Gasteiger partial charge in [-0.25, -0.2) is 9.48 Å². The molecule has 1 N–H and O–H groups in total. The first kappa shape index (κ1) is 22.8. The molecule has 5 rings (SSSR count). The molecule has 1 aliphatic heterocycles. The van der Waals surface area contributed by atoms with Crippen molar-refractivity contribution in [1.29, 1.82) is 0 Å². The van der Waals surface area contributed by atoms with Gasteiger partial charge >= 0.3 is 6.03 Å². The van der Waals surface area contributed by atoms with Gasteiger partial charge in [0.2, 0.25) is 0 Å². The molecule has 0 fully saturated rings. The zero-order chi connectivity index (χ0) is 24.4. The predicted molar refractivity (Wildman–Crippen MR) is 136 cm³/mol. The van der Waals surface area contributed by atoms with Crippen molar-refractivity contribution in [3.05, 3.63) is 95.4 Å². The molecule has 4 aromatic rings. The first-order valence-electron chi connectivity index (χ1n) is 12.2. The van der Waals surface area contributed by atoms with Gasteiger partial charge in [0, 0.05) is 18.3 Å². The predicted octanol–water partition coefficient (Wildman–Crippen LogP) is 5.26. The summed E-state index contributed by atoms with van der Waals surface area (Å²) in [5, 5.41) is 8.11. The van der Waals surface area contributed by atoms with E-state index < -0.39 is 0 Å². The molecule has 35 heavy (non-hydrogen) atoms. The van der Waals surface area contributed by atoms with Crippen molar-refractivity contribution in [2.24, 2.45) is 0 Å². The minimum atomic E-state index is -0.293. The molecule has 0 saturated carbocycles. The number of nitrogens with zero attached hydrogens (tertiary/aromatic N) is 4. The standard InChI is InChI=1S/C28H31N5O2/c1-4-16-29-28(34)32-19-23-24(5-2)30-33(21-12-7-6-8-13-21)27(23)31-17-10-15-25(31)26(32)20-11-9-14-22(18-20)35-3/h6-15,17-18,26H,4-5,16,19H2,1-3H3,(H,29,34)/t26-/m1/s1. The maximum absolute atomic E-state index is 13.6. The maximum Gasteiger partial charge on any atom is 0.318 e. The summed E-state index contributed by atoms with van der Waals surface area (Å²) < 4.78 is 9.72. The monoisotopic (exact) mass is 469 g/mol. The smallest absolute Gasteiger partial charge is 0.318 e. The number of fused-ring (bicyclic) bond motifs is 3. The Labute approximate surface area is 205 Å². The molecule has 0 bridgehead atoms. The number of amides is 2. The Morgan fingerprint density at radius 3 is 2.66 bits per heavy atom. The number of carbonyl (C=O) groups excluding carboxylic acids is 1. The highest BCUT2D eigenvalue weighted by Crippen LogP contribution is 2.39. The van der Waals surface area contributed by atoms with Gasteiger partial charge in [0.1, 0.15) is 11.6 Å². The van der Waals surface area contributed by atoms with Crippen LogP contribution in [-0.4, -0.2) is 38.9 Å². The van der Waals surface area contributed by atoms with Gasteiger partial charge in [-0.3, -0.25) is 0 Å². The van der Waals surface area contributed by atoms with Crippen molar-refractivity contribution in [2.45, 2.75) is 39.3 Å². The third kappa shape index (κ3) is 4.07. The Bertz CT molecular complexity index is 1320. The third-order valence-corrected chi connectivity index (χ3v) is 6.50. The topological polar surface area (TPSA) is 64.3 Å². The van der Waals surface area contributed by atoms with Gasteiger partial charge < -0.3 is 19.5 Å². The van der Waals surface area contributed by atoms with Crippen LogP contribution in [0.3, 0.4) is 0 Å². The molecule has 2 aromatic carbocycles. The van der Waals surface area contributed by atoms with Crippen LogP contribution in [0, 0.1) is 0 Å². The number of hydrogen-bond donors (Lipinski definition) is 1. The highest BCUT2D eigenvalue weighted by Gasteiger charge is 2.36. The van der Waals surface area contributed by atoms with Crippen molar-refractivity contribution < 1.29 is 9.53 Å². The summed E-state index contributed by atoms with van der Waals surface area (Å²) in [5.74, 6) is 1.74. The van der Waals surface area contributed by atoms with Crippen molar-refractivity contribution in [3.8, 4) is 17.3 Å². The molecule has 0 aliphatic carbocycles. The highest BCUT2D eigenvalue weighted by molar-refractivity contribution is 5.76. The number of methoxy groups -OCH3 is 1. The Morgan fingerprint density at radius 2 is 1.91 bits per heavy atom. The lowest BCUT2D eigenvalue weighted by Crippen LogP contribution is -2.42. The molecule has 0 radical (unpaired) electrons. The third-order valence-electron chi connectivity index (χ3n) is 6.50. The molecule has 3 heterocycles. The average Bonchev–Trinajstić information content (AvgIpc) is 3.48. The lowest BCUT2D eigenvalue weighted by molar-refractivity contribution is 0.180. The number of carbonyl (C=O) groups is 1. The quantitative estimate of drug-likeness (QED) is 0.419. The first-order chi connectivity index (χ1) is 17.2. The van der Waals surface area contributed by atoms with Gasteiger partial charge in [0.15, 0.2) is 0 Å². The maximum atomic E-state index is 13.6. The molecular weight excluding hydrogens is 438 g/mol. The lowest BCUT2D eigenvalue weighted by atomic mass is 10.0. The van der Waals surface area contributed by atoms with E-state index in [0.29, 0.717) is 13.1 Å². The Hall–Kier alpha value is -4.00. The number of para-hydroxylation sites is 1. The minimum absolute atomic E-state index is 0.0882. The van der Waals surface area contributed by atoms with Crippen LogP contribution in [0.15, 0.2) is 72.9 Å². The second kappa shape index (κ2) is 9.70. The summed E-state index contributed by atoms with van der Waals surface area (Å²) in [6.45, 7) is 5.24. The van der Waals surface area contributed by atoms with E-state index in [1.54, 1.807) is 7.11 Å². The molecule has 1 aliphatic rings. The molecule has 7 nitrogen and oxygen atoms in total. The van der Waals surface area contributed by atoms with Crippen molar-refractivity contribution in [3.63, 3.8) is 0 Å². The van der Waals surface area contributed by atoms with Gasteiger partial charge in [0.05, 0.1) is 36.8 Å². The number of benzene rings is 2. The average molecular weight is 470 g/mol. The molecule has 0 spiro atoms. The number of nitrogens with one attached hydrogen (secondary N) is 1. The fraction of sp³-hybridized carbons (Fsp3) is 0.286. The van der Waals surface area contributed by atoms with Gasteiger partial charge in [0.25, 0.3) is 0 Å². The molecule has 0 unspecified atom stereocenters. The van der Waals surface area contributed by atoms with E-state index in [0.717, 1.165) is 52.6 Å². The fourth-order valence-electron chi connectivity index (χ4n) is 4.84. The van der Waals surface area contributed by atoms with E-state index >= 15 is 0 Å². The second-order valence-corrected chi connectivity index (χ2v) is 8.69. The summed E-state index contributed by atoms with van der Waals surface area (Å²) in [6.07, 6.45) is 3.71. The Balaban J connectivity index is 1.75. The van der Waals surface area contributed by atoms with Crippen molar-refractivity contribution in [1.82, 2.24) is 24.6 Å². The van der Waals surface area contributed by atoms with E-state index in [1.807, 2.05) is 52.0 Å². The van der Waals surface area contributed by atoms with E-state index in [9.17, 15) is 4.79 Å². The van der Waals surface area contributed by atoms with Crippen molar-refractivity contribution in [2.75, 3.05) is 13.7 Å². The van der Waals surface area contributed by atoms with Crippen LogP contribution >= 0.6 is 0 Å². The number of ether oxygens (including phenoxy) is 1. The van der Waals surface area contributed by atoms with Crippen LogP contribution in [0.2, 0.25) is 0 Å². The van der Waals surface area contributed by atoms with Crippen LogP contribution in [0.1, 0.15) is 48.8 Å². The second-order valence-electron chi connectivity index (χ2n) is 8.69. The number of aromatic nitrogens is 3. The summed E-state index contributed by atoms with van der Waals surface area (Å²) in [7, 11) is 1.67.